The second-order valence-corrected chi connectivity index (χ2v) is 14.3. The number of ether oxygens (including phenoxy) is 2. The fourth-order valence-corrected chi connectivity index (χ4v) is 8.03. The Morgan fingerprint density at radius 2 is 1.82 bits per heavy atom. The lowest BCUT2D eigenvalue weighted by Gasteiger charge is -2.33. The molecule has 3 aromatic carbocycles. The van der Waals surface area contributed by atoms with Crippen LogP contribution in [0, 0.1) is 0 Å². The summed E-state index contributed by atoms with van der Waals surface area (Å²) in [6.45, 7) is 11.3. The van der Waals surface area contributed by atoms with Crippen LogP contribution in [-0.4, -0.2) is 104 Å². The third-order valence-corrected chi connectivity index (χ3v) is 11.3. The highest BCUT2D eigenvalue weighted by molar-refractivity contribution is 6.42. The second kappa shape index (κ2) is 15.8. The second-order valence-electron chi connectivity index (χ2n) is 13.5. The fourth-order valence-electron chi connectivity index (χ4n) is 7.73. The Morgan fingerprint density at radius 1 is 0.941 bits per heavy atom. The van der Waals surface area contributed by atoms with Gasteiger partial charge >= 0.3 is 0 Å². The van der Waals surface area contributed by atoms with Crippen molar-refractivity contribution in [2.45, 2.75) is 38.1 Å². The minimum absolute atomic E-state index is 0.0515. The van der Waals surface area contributed by atoms with Gasteiger partial charge in [-0.05, 0) is 87.3 Å². The maximum atomic E-state index is 14.2. The largest absolute Gasteiger partial charge is 0.496 e. The van der Waals surface area contributed by atoms with Gasteiger partial charge in [0.25, 0.3) is 5.91 Å². The standard InChI is InChI=1S/C38H46Cl2N8O3/c1-3-51-24-23-47-34-8-5-4-7-33(34)42-37(47)45-17-6-16-44(21-22-45)18-13-38(28-9-11-31(39)32(40)25-28)14-19-46(27-38)36(49)30-26-29(10-12-35(30)50-2)48-20-15-41-43-48/h4-5,7-12,25-26H,3,6,13-24,27H2,1-2H3. The minimum Gasteiger partial charge on any atom is -0.496 e. The van der Waals surface area contributed by atoms with Gasteiger partial charge in [-0.1, -0.05) is 46.6 Å². The number of hydrogen-bond acceptors (Lipinski definition) is 9. The lowest BCUT2D eigenvalue weighted by Crippen LogP contribution is -2.39. The molecule has 13 heteroatoms. The van der Waals surface area contributed by atoms with E-state index < -0.39 is 0 Å². The molecule has 4 aromatic rings. The molecule has 4 heterocycles. The molecule has 1 atom stereocenters. The predicted octanol–water partition coefficient (Wildman–Crippen LogP) is 6.96. The average molecular weight is 734 g/mol. The Balaban J connectivity index is 1.08. The molecule has 1 amide bonds. The van der Waals surface area contributed by atoms with E-state index in [0.717, 1.165) is 86.8 Å². The third kappa shape index (κ3) is 7.53. The average Bonchev–Trinajstić information content (AvgIpc) is 3.89. The molecule has 0 bridgehead atoms. The molecule has 2 saturated heterocycles. The molecule has 0 aliphatic carbocycles. The number of amides is 1. The van der Waals surface area contributed by atoms with Crippen molar-refractivity contribution in [2.75, 3.05) is 89.1 Å². The van der Waals surface area contributed by atoms with E-state index >= 15 is 0 Å². The van der Waals surface area contributed by atoms with E-state index in [1.54, 1.807) is 7.11 Å². The number of halogens is 2. The summed E-state index contributed by atoms with van der Waals surface area (Å²) in [5, 5.41) is 11.2. The van der Waals surface area contributed by atoms with Crippen LogP contribution in [0.15, 0.2) is 71.0 Å². The predicted molar refractivity (Wildman–Crippen MR) is 203 cm³/mol. The van der Waals surface area contributed by atoms with Crippen molar-refractivity contribution in [2.24, 2.45) is 10.3 Å². The first-order chi connectivity index (χ1) is 24.9. The number of carbonyl (C=O) groups is 1. The van der Waals surface area contributed by atoms with Crippen molar-refractivity contribution in [3.63, 3.8) is 0 Å². The normalized spacial score (nSPS) is 19.7. The minimum atomic E-state index is -0.281. The van der Waals surface area contributed by atoms with Crippen LogP contribution in [0.1, 0.15) is 42.1 Å². The van der Waals surface area contributed by atoms with E-state index in [0.29, 0.717) is 60.8 Å². The first-order valence-electron chi connectivity index (χ1n) is 18.0. The summed E-state index contributed by atoms with van der Waals surface area (Å²) < 4.78 is 13.7. The maximum Gasteiger partial charge on any atom is 0.257 e. The van der Waals surface area contributed by atoms with Crippen LogP contribution < -0.4 is 14.6 Å². The number of imidazole rings is 1. The lowest BCUT2D eigenvalue weighted by molar-refractivity contribution is 0.0777. The van der Waals surface area contributed by atoms with Crippen molar-refractivity contribution in [3.05, 3.63) is 81.8 Å². The van der Waals surface area contributed by atoms with Crippen LogP contribution >= 0.6 is 23.2 Å². The zero-order valence-electron chi connectivity index (χ0n) is 29.4. The summed E-state index contributed by atoms with van der Waals surface area (Å²) in [5.74, 6) is 1.51. The Labute approximate surface area is 309 Å². The number of hydrogen-bond donors (Lipinski definition) is 0. The van der Waals surface area contributed by atoms with E-state index in [9.17, 15) is 4.79 Å². The monoisotopic (exact) mass is 732 g/mol. The van der Waals surface area contributed by atoms with E-state index in [4.69, 9.17) is 37.7 Å². The topological polar surface area (TPSA) is 91.0 Å². The number of anilines is 2. The fraction of sp³-hybridized carbons (Fsp3) is 0.474. The van der Waals surface area contributed by atoms with Crippen LogP contribution in [0.25, 0.3) is 11.0 Å². The summed E-state index contributed by atoms with van der Waals surface area (Å²) in [6, 6.07) is 19.9. The molecule has 0 N–H and O–H groups in total. The highest BCUT2D eigenvalue weighted by Crippen LogP contribution is 2.41. The molecule has 2 fully saturated rings. The first kappa shape index (κ1) is 35.5. The van der Waals surface area contributed by atoms with E-state index in [2.05, 4.69) is 49.0 Å². The molecule has 1 unspecified atom stereocenters. The smallest absolute Gasteiger partial charge is 0.257 e. The van der Waals surface area contributed by atoms with Crippen molar-refractivity contribution in [3.8, 4) is 5.75 Å². The van der Waals surface area contributed by atoms with Gasteiger partial charge in [0.1, 0.15) is 5.75 Å². The number of methoxy groups -OCH3 is 1. The van der Waals surface area contributed by atoms with E-state index in [1.807, 2.05) is 53.2 Å². The SMILES string of the molecule is CCOCCn1c(N2CCCN(CCC3(c4ccc(Cl)c(Cl)c4)CCN(C(=O)c4cc(N5CCN=N5)ccc4OC)C3)CC2)nc2ccccc21. The highest BCUT2D eigenvalue weighted by Gasteiger charge is 2.42. The number of aromatic nitrogens is 2. The van der Waals surface area contributed by atoms with Gasteiger partial charge in [-0.3, -0.25) is 4.79 Å². The van der Waals surface area contributed by atoms with Crippen LogP contribution in [0.4, 0.5) is 11.6 Å². The van der Waals surface area contributed by atoms with E-state index in [1.165, 1.54) is 0 Å². The number of fused-ring (bicyclic) bond motifs is 1. The molecular weight excluding hydrogens is 687 g/mol. The molecule has 3 aliphatic rings. The maximum absolute atomic E-state index is 14.2. The highest BCUT2D eigenvalue weighted by atomic mass is 35.5. The molecule has 51 heavy (non-hydrogen) atoms. The Hall–Kier alpha value is -3.90. The van der Waals surface area contributed by atoms with Gasteiger partial charge in [0.15, 0.2) is 0 Å². The number of rotatable bonds is 12. The van der Waals surface area contributed by atoms with Gasteiger partial charge in [0.2, 0.25) is 5.95 Å². The van der Waals surface area contributed by atoms with Crippen LogP contribution in [-0.2, 0) is 16.7 Å². The summed E-state index contributed by atoms with van der Waals surface area (Å²) in [7, 11) is 1.60. The molecule has 270 valence electrons. The molecule has 11 nitrogen and oxygen atoms in total. The number of benzene rings is 3. The molecule has 0 saturated carbocycles. The van der Waals surface area contributed by atoms with Gasteiger partial charge in [0.05, 0.1) is 59.1 Å². The van der Waals surface area contributed by atoms with Crippen molar-refractivity contribution in [1.29, 1.82) is 0 Å². The van der Waals surface area contributed by atoms with Crippen LogP contribution in [0.5, 0.6) is 5.75 Å². The lowest BCUT2D eigenvalue weighted by atomic mass is 9.76. The molecule has 7 rings (SSSR count). The first-order valence-corrected chi connectivity index (χ1v) is 18.7. The van der Waals surface area contributed by atoms with Gasteiger partial charge in [0, 0.05) is 51.3 Å². The molecule has 0 spiro atoms. The van der Waals surface area contributed by atoms with Crippen molar-refractivity contribution >= 4 is 51.8 Å². The summed E-state index contributed by atoms with van der Waals surface area (Å²) >= 11 is 13.0. The van der Waals surface area contributed by atoms with Crippen LogP contribution in [0.2, 0.25) is 10.0 Å². The number of carbonyl (C=O) groups excluding carboxylic acids is 1. The van der Waals surface area contributed by atoms with Crippen molar-refractivity contribution in [1.82, 2.24) is 19.4 Å². The number of nitrogens with zero attached hydrogens (tertiary/aromatic N) is 8. The molecule has 3 aliphatic heterocycles. The number of likely N-dealkylation sites (tertiary alicyclic amines) is 1. The van der Waals surface area contributed by atoms with Gasteiger partial charge in [-0.2, -0.15) is 5.11 Å². The Morgan fingerprint density at radius 3 is 2.63 bits per heavy atom. The quantitative estimate of drug-likeness (QED) is 0.146. The summed E-state index contributed by atoms with van der Waals surface area (Å²) in [5.41, 5.74) is 4.35. The molecular formula is C38H46Cl2N8O3. The number of para-hydroxylation sites is 2. The third-order valence-electron chi connectivity index (χ3n) is 10.5. The van der Waals surface area contributed by atoms with Crippen LogP contribution in [0.3, 0.4) is 0 Å². The van der Waals surface area contributed by atoms with E-state index in [-0.39, 0.29) is 11.3 Å². The Bertz CT molecular complexity index is 1890. The van der Waals surface area contributed by atoms with Gasteiger partial charge in [-0.15, -0.1) is 0 Å². The molecule has 0 radical (unpaired) electrons. The van der Waals surface area contributed by atoms with Crippen molar-refractivity contribution < 1.29 is 14.3 Å². The summed E-state index contributed by atoms with van der Waals surface area (Å²) in [4.78, 5) is 26.3. The van der Waals surface area contributed by atoms with Gasteiger partial charge < -0.3 is 28.7 Å². The van der Waals surface area contributed by atoms with Gasteiger partial charge in [-0.25, -0.2) is 9.99 Å². The summed E-state index contributed by atoms with van der Waals surface area (Å²) in [6.07, 6.45) is 2.74. The zero-order chi connectivity index (χ0) is 35.4. The Kier molecular flexibility index (Phi) is 11.0. The zero-order valence-corrected chi connectivity index (χ0v) is 31.0. The molecule has 1 aromatic heterocycles.